The van der Waals surface area contributed by atoms with Crippen LogP contribution in [0, 0.1) is 0 Å². The maximum atomic E-state index is 13.3. The fourth-order valence-corrected chi connectivity index (χ4v) is 10.7. The van der Waals surface area contributed by atoms with E-state index in [4.69, 9.17) is 28.4 Å². The molecule has 3 aliphatic heterocycles. The number of nitrogens with one attached hydrogen (secondary N) is 1. The van der Waals surface area contributed by atoms with Crippen molar-refractivity contribution in [3.8, 4) is 0 Å². The van der Waals surface area contributed by atoms with Crippen LogP contribution in [-0.4, -0.2) is 193 Å². The molecular weight excluding hydrogens is 1070 g/mol. The van der Waals surface area contributed by atoms with Crippen molar-refractivity contribution in [2.24, 2.45) is 0 Å². The smallest absolute Gasteiger partial charge is 0.220 e. The minimum atomic E-state index is -1.98. The van der Waals surface area contributed by atoms with Crippen molar-refractivity contribution in [1.29, 1.82) is 0 Å². The van der Waals surface area contributed by atoms with E-state index < -0.39 is 124 Å². The molecule has 0 saturated carbocycles. The second-order valence-corrected chi connectivity index (χ2v) is 23.2. The predicted molar refractivity (Wildman–Crippen MR) is 319 cm³/mol. The van der Waals surface area contributed by atoms with Crippen molar-refractivity contribution < 1.29 is 89.4 Å². The van der Waals surface area contributed by atoms with E-state index in [2.05, 4.69) is 55.6 Å². The molecule has 0 aliphatic carbocycles. The van der Waals surface area contributed by atoms with Crippen LogP contribution in [-0.2, 0) is 33.2 Å². The summed E-state index contributed by atoms with van der Waals surface area (Å²) < 4.78 is 34.2. The largest absolute Gasteiger partial charge is 0.394 e. The van der Waals surface area contributed by atoms with Gasteiger partial charge in [0.25, 0.3) is 0 Å². The fraction of sp³-hybridized carbons (Fsp3) is 0.859. The maximum absolute atomic E-state index is 13.3. The van der Waals surface area contributed by atoms with Gasteiger partial charge >= 0.3 is 0 Å². The van der Waals surface area contributed by atoms with Gasteiger partial charge in [0.1, 0.15) is 73.2 Å². The first kappa shape index (κ1) is 75.0. The van der Waals surface area contributed by atoms with Gasteiger partial charge in [-0.25, -0.2) is 0 Å². The van der Waals surface area contributed by atoms with Gasteiger partial charge in [-0.1, -0.05) is 191 Å². The van der Waals surface area contributed by atoms with Gasteiger partial charge < -0.3 is 89.9 Å². The SMILES string of the molecule is CCCCCCCC/C=C\CCCCCCCC(=O)NC(COC1OC(CO)C(OC2OC(CO)C(OC3OC(CO)C(O)C(O)C3O)C(O)C2O)C(O)C1O)C(O)/C=C/CC/C=C/CC/C=C/CCCCCCCCCCCCCCC. The molecule has 3 aliphatic rings. The second kappa shape index (κ2) is 46.8. The van der Waals surface area contributed by atoms with Crippen molar-refractivity contribution in [3.05, 3.63) is 48.6 Å². The Morgan fingerprint density at radius 1 is 0.422 bits per heavy atom. The third kappa shape index (κ3) is 30.0. The predicted octanol–water partition coefficient (Wildman–Crippen LogP) is 7.04. The Labute approximate surface area is 497 Å². The van der Waals surface area contributed by atoms with Crippen LogP contribution < -0.4 is 5.32 Å². The van der Waals surface area contributed by atoms with Gasteiger partial charge in [0, 0.05) is 6.42 Å². The maximum Gasteiger partial charge on any atom is 0.220 e. The summed E-state index contributed by atoms with van der Waals surface area (Å²) in [5, 5.41) is 120. The highest BCUT2D eigenvalue weighted by Gasteiger charge is 2.53. The zero-order valence-corrected chi connectivity index (χ0v) is 50.7. The Bertz CT molecular complexity index is 1700. The number of carbonyl (C=O) groups is 1. The molecule has 19 nitrogen and oxygen atoms in total. The van der Waals surface area contributed by atoms with E-state index in [0.29, 0.717) is 12.8 Å². The lowest BCUT2D eigenvalue weighted by molar-refractivity contribution is -0.379. The van der Waals surface area contributed by atoms with E-state index in [9.17, 15) is 61.0 Å². The first-order valence-electron chi connectivity index (χ1n) is 32.4. The molecule has 0 aromatic heterocycles. The van der Waals surface area contributed by atoms with Crippen LogP contribution >= 0.6 is 0 Å². The van der Waals surface area contributed by atoms with Crippen LogP contribution in [0.1, 0.15) is 219 Å². The number of ether oxygens (including phenoxy) is 6. The molecule has 0 spiro atoms. The zero-order chi connectivity index (χ0) is 60.5. The standard InChI is InChI=1S/C64H115NO18/c1-3-5-7-9-11-13-15-17-19-20-21-22-23-24-25-26-28-29-31-33-35-37-39-41-48(69)47(65-52(70)42-40-38-36-34-32-30-27-18-16-14-12-10-8-6-4-2)46-78-62-58(76)55(73)60(50(44-67)80-62)83-64-59(77)56(74)61(51(45-68)81-64)82-63-57(75)54(72)53(71)49(43-66)79-63/h18,25-27,31,33,39,41,47-51,53-64,66-69,71-77H,3-17,19-24,28-30,32,34-38,40,42-46H2,1-2H3,(H,65,70)/b26-25+,27-18-,33-31+,41-39+. The molecule has 17 unspecified atom stereocenters. The van der Waals surface area contributed by atoms with Crippen molar-refractivity contribution >= 4 is 5.91 Å². The van der Waals surface area contributed by atoms with Crippen molar-refractivity contribution in [2.45, 2.75) is 324 Å². The van der Waals surface area contributed by atoms with Gasteiger partial charge in [-0.15, -0.1) is 0 Å². The van der Waals surface area contributed by atoms with E-state index in [1.165, 1.54) is 122 Å². The molecular formula is C64H115NO18. The van der Waals surface area contributed by atoms with Gasteiger partial charge in [-0.2, -0.15) is 0 Å². The van der Waals surface area contributed by atoms with Crippen LogP contribution in [0.25, 0.3) is 0 Å². The zero-order valence-electron chi connectivity index (χ0n) is 50.7. The lowest BCUT2D eigenvalue weighted by Crippen LogP contribution is -2.66. The molecule has 484 valence electrons. The first-order chi connectivity index (χ1) is 40.3. The highest BCUT2D eigenvalue weighted by molar-refractivity contribution is 5.76. The summed E-state index contributed by atoms with van der Waals surface area (Å²) in [4.78, 5) is 13.3. The van der Waals surface area contributed by atoms with Gasteiger partial charge in [0.15, 0.2) is 18.9 Å². The molecule has 3 fully saturated rings. The second-order valence-electron chi connectivity index (χ2n) is 23.2. The minimum Gasteiger partial charge on any atom is -0.394 e. The Morgan fingerprint density at radius 2 is 0.771 bits per heavy atom. The van der Waals surface area contributed by atoms with E-state index >= 15 is 0 Å². The lowest BCUT2D eigenvalue weighted by Gasteiger charge is -2.48. The van der Waals surface area contributed by atoms with E-state index in [1.807, 2.05) is 6.08 Å². The number of hydrogen-bond acceptors (Lipinski definition) is 18. The fourth-order valence-electron chi connectivity index (χ4n) is 10.7. The average Bonchev–Trinajstić information content (AvgIpc) is 3.15. The van der Waals surface area contributed by atoms with Crippen molar-refractivity contribution in [2.75, 3.05) is 26.4 Å². The molecule has 1 amide bonds. The van der Waals surface area contributed by atoms with Crippen LogP contribution in [0.15, 0.2) is 48.6 Å². The molecule has 0 aromatic rings. The number of amides is 1. The summed E-state index contributed by atoms with van der Waals surface area (Å²) in [6, 6.07) is -1.00. The molecule has 0 aromatic carbocycles. The summed E-state index contributed by atoms with van der Waals surface area (Å²) in [6.07, 6.45) is 26.7. The van der Waals surface area contributed by atoms with Crippen LogP contribution in [0.4, 0.5) is 0 Å². The number of unbranched alkanes of at least 4 members (excludes halogenated alkanes) is 26. The monoisotopic (exact) mass is 1190 g/mol. The highest BCUT2D eigenvalue weighted by atomic mass is 16.8. The topological polar surface area (TPSA) is 307 Å². The van der Waals surface area contributed by atoms with E-state index in [-0.39, 0.29) is 18.9 Å². The first-order valence-corrected chi connectivity index (χ1v) is 32.4. The molecule has 12 N–H and O–H groups in total. The number of aliphatic hydroxyl groups excluding tert-OH is 11. The third-order valence-electron chi connectivity index (χ3n) is 16.1. The Kier molecular flexibility index (Phi) is 42.3. The number of aliphatic hydroxyl groups is 11. The molecule has 0 bridgehead atoms. The number of rotatable bonds is 48. The number of hydrogen-bond donors (Lipinski definition) is 12. The molecule has 0 radical (unpaired) electrons. The van der Waals surface area contributed by atoms with Crippen LogP contribution in [0.2, 0.25) is 0 Å². The minimum absolute atomic E-state index is 0.221. The molecule has 19 heteroatoms. The summed E-state index contributed by atoms with van der Waals surface area (Å²) in [7, 11) is 0. The van der Waals surface area contributed by atoms with E-state index in [0.717, 1.165) is 64.2 Å². The highest BCUT2D eigenvalue weighted by Crippen LogP contribution is 2.33. The van der Waals surface area contributed by atoms with Crippen molar-refractivity contribution in [3.63, 3.8) is 0 Å². The summed E-state index contributed by atoms with van der Waals surface area (Å²) in [6.45, 7) is 1.69. The number of allylic oxidation sites excluding steroid dienone is 7. The summed E-state index contributed by atoms with van der Waals surface area (Å²) >= 11 is 0. The van der Waals surface area contributed by atoms with Gasteiger partial charge in [-0.3, -0.25) is 4.79 Å². The van der Waals surface area contributed by atoms with Gasteiger partial charge in [0.05, 0.1) is 38.6 Å². The van der Waals surface area contributed by atoms with Gasteiger partial charge in [0.2, 0.25) is 5.91 Å². The summed E-state index contributed by atoms with van der Waals surface area (Å²) in [5.41, 5.74) is 0. The van der Waals surface area contributed by atoms with Crippen molar-refractivity contribution in [1.82, 2.24) is 5.32 Å². The average molecular weight is 1190 g/mol. The van der Waals surface area contributed by atoms with Crippen LogP contribution in [0.3, 0.4) is 0 Å². The quantitative estimate of drug-likeness (QED) is 0.0215. The Hall–Kier alpha value is -2.25. The molecule has 3 saturated heterocycles. The third-order valence-corrected chi connectivity index (χ3v) is 16.1. The summed E-state index contributed by atoms with van der Waals surface area (Å²) in [5.74, 6) is -0.299. The normalized spacial score (nSPS) is 29.7. The Balaban J connectivity index is 1.49. The van der Waals surface area contributed by atoms with Crippen LogP contribution in [0.5, 0.6) is 0 Å². The molecule has 83 heavy (non-hydrogen) atoms. The molecule has 17 atom stereocenters. The lowest BCUT2D eigenvalue weighted by atomic mass is 9.96. The number of carbonyl (C=O) groups excluding carboxylic acids is 1. The Morgan fingerprint density at radius 3 is 1.20 bits per heavy atom. The van der Waals surface area contributed by atoms with E-state index in [1.54, 1.807) is 6.08 Å². The molecule has 3 heterocycles. The van der Waals surface area contributed by atoms with Gasteiger partial charge in [-0.05, 0) is 70.6 Å². The molecule has 3 rings (SSSR count).